The van der Waals surface area contributed by atoms with Gasteiger partial charge in [-0.05, 0) is 13.0 Å². The number of nitro benzene ring substituents is 1. The van der Waals surface area contributed by atoms with Crippen molar-refractivity contribution < 1.29 is 14.1 Å². The molecule has 0 saturated carbocycles. The van der Waals surface area contributed by atoms with Crippen molar-refractivity contribution in [2.45, 2.75) is 13.0 Å². The highest BCUT2D eigenvalue weighted by atomic mass is 19.1. The van der Waals surface area contributed by atoms with E-state index in [0.717, 1.165) is 6.07 Å². The molecule has 6 heteroatoms. The molecule has 5 nitrogen and oxygen atoms in total. The van der Waals surface area contributed by atoms with E-state index in [1.807, 2.05) is 11.8 Å². The molecule has 1 aliphatic rings. The summed E-state index contributed by atoms with van der Waals surface area (Å²) in [5.74, 6) is -0.562. The number of rotatable bonds is 2. The average Bonchev–Trinajstić information content (AvgIpc) is 2.30. The van der Waals surface area contributed by atoms with Crippen LogP contribution in [-0.4, -0.2) is 30.7 Å². The van der Waals surface area contributed by atoms with Crippen molar-refractivity contribution in [2.24, 2.45) is 0 Å². The fourth-order valence-electron chi connectivity index (χ4n) is 1.93. The van der Waals surface area contributed by atoms with E-state index >= 15 is 0 Å². The smallest absolute Gasteiger partial charge is 0.272 e. The van der Waals surface area contributed by atoms with E-state index in [1.165, 1.54) is 12.1 Å². The molecule has 1 heterocycles. The van der Waals surface area contributed by atoms with Gasteiger partial charge in [0.05, 0.1) is 29.9 Å². The van der Waals surface area contributed by atoms with Gasteiger partial charge in [0.15, 0.2) is 5.82 Å². The first kappa shape index (κ1) is 11.8. The maximum Gasteiger partial charge on any atom is 0.272 e. The van der Waals surface area contributed by atoms with Crippen LogP contribution in [0, 0.1) is 15.9 Å². The number of hydrogen-bond donors (Lipinski definition) is 0. The predicted molar refractivity (Wildman–Crippen MR) is 60.7 cm³/mol. The zero-order chi connectivity index (χ0) is 12.4. The molecule has 0 aliphatic carbocycles. The molecule has 1 fully saturated rings. The Kier molecular flexibility index (Phi) is 3.23. The third-order valence-corrected chi connectivity index (χ3v) is 2.82. The van der Waals surface area contributed by atoms with E-state index < -0.39 is 10.7 Å². The molecule has 1 aromatic rings. The molecule has 0 radical (unpaired) electrons. The zero-order valence-electron chi connectivity index (χ0n) is 9.43. The van der Waals surface area contributed by atoms with Crippen LogP contribution >= 0.6 is 0 Å². The van der Waals surface area contributed by atoms with Crippen LogP contribution in [-0.2, 0) is 4.74 Å². The molecule has 0 N–H and O–H groups in total. The maximum atomic E-state index is 13.8. The highest BCUT2D eigenvalue weighted by Gasteiger charge is 2.22. The van der Waals surface area contributed by atoms with Crippen LogP contribution in [0.2, 0.25) is 0 Å². The number of non-ortho nitro benzene ring substituents is 1. The van der Waals surface area contributed by atoms with Gasteiger partial charge < -0.3 is 9.64 Å². The van der Waals surface area contributed by atoms with E-state index in [4.69, 9.17) is 4.74 Å². The van der Waals surface area contributed by atoms with Crippen LogP contribution in [0.5, 0.6) is 0 Å². The molecule has 2 rings (SSSR count). The minimum atomic E-state index is -0.602. The van der Waals surface area contributed by atoms with Gasteiger partial charge in [0.2, 0.25) is 0 Å². The van der Waals surface area contributed by atoms with Gasteiger partial charge in [0.25, 0.3) is 5.69 Å². The second kappa shape index (κ2) is 4.67. The van der Waals surface area contributed by atoms with Gasteiger partial charge in [-0.25, -0.2) is 4.39 Å². The summed E-state index contributed by atoms with van der Waals surface area (Å²) in [7, 11) is 0. The highest BCUT2D eigenvalue weighted by molar-refractivity contribution is 5.53. The summed E-state index contributed by atoms with van der Waals surface area (Å²) < 4.78 is 19.0. The number of ether oxygens (including phenoxy) is 1. The van der Waals surface area contributed by atoms with E-state index in [0.29, 0.717) is 25.4 Å². The third kappa shape index (κ3) is 2.36. The van der Waals surface area contributed by atoms with Crippen LogP contribution in [0.25, 0.3) is 0 Å². The summed E-state index contributed by atoms with van der Waals surface area (Å²) in [5, 5.41) is 10.5. The Labute approximate surface area is 97.9 Å². The van der Waals surface area contributed by atoms with Gasteiger partial charge in [-0.3, -0.25) is 10.1 Å². The minimum Gasteiger partial charge on any atom is -0.377 e. The largest absolute Gasteiger partial charge is 0.377 e. The van der Waals surface area contributed by atoms with E-state index in [1.54, 1.807) is 0 Å². The van der Waals surface area contributed by atoms with E-state index in [-0.39, 0.29) is 11.7 Å². The molecule has 17 heavy (non-hydrogen) atoms. The first-order valence-corrected chi connectivity index (χ1v) is 5.38. The molecule has 92 valence electrons. The fourth-order valence-corrected chi connectivity index (χ4v) is 1.93. The van der Waals surface area contributed by atoms with Crippen molar-refractivity contribution in [3.05, 3.63) is 34.1 Å². The summed E-state index contributed by atoms with van der Waals surface area (Å²) in [5.41, 5.74) is 0.165. The molecule has 1 aliphatic heterocycles. The Morgan fingerprint density at radius 3 is 2.94 bits per heavy atom. The number of morpholine rings is 1. The number of nitro groups is 1. The Hall–Kier alpha value is -1.69. The van der Waals surface area contributed by atoms with Gasteiger partial charge in [0.1, 0.15) is 0 Å². The molecule has 1 unspecified atom stereocenters. The van der Waals surface area contributed by atoms with E-state index in [9.17, 15) is 14.5 Å². The number of halogens is 1. The third-order valence-electron chi connectivity index (χ3n) is 2.82. The van der Waals surface area contributed by atoms with Crippen molar-refractivity contribution in [2.75, 3.05) is 24.7 Å². The van der Waals surface area contributed by atoms with Crippen LogP contribution in [0.4, 0.5) is 15.8 Å². The molecule has 0 bridgehead atoms. The molecule has 0 aromatic heterocycles. The number of nitrogens with zero attached hydrogens (tertiary/aromatic N) is 2. The lowest BCUT2D eigenvalue weighted by Gasteiger charge is -2.35. The number of hydrogen-bond acceptors (Lipinski definition) is 4. The quantitative estimate of drug-likeness (QED) is 0.585. The van der Waals surface area contributed by atoms with Gasteiger partial charge in [-0.2, -0.15) is 0 Å². The topological polar surface area (TPSA) is 55.6 Å². The first-order valence-electron chi connectivity index (χ1n) is 5.38. The van der Waals surface area contributed by atoms with Gasteiger partial charge in [-0.15, -0.1) is 0 Å². The lowest BCUT2D eigenvalue weighted by Crippen LogP contribution is -2.44. The Morgan fingerprint density at radius 1 is 1.59 bits per heavy atom. The second-order valence-electron chi connectivity index (χ2n) is 4.01. The average molecular weight is 240 g/mol. The van der Waals surface area contributed by atoms with Crippen LogP contribution in [0.3, 0.4) is 0 Å². The van der Waals surface area contributed by atoms with Crippen LogP contribution in [0.15, 0.2) is 18.2 Å². The molecule has 0 spiro atoms. The number of anilines is 1. The standard InChI is InChI=1S/C11H13FN2O3/c1-8-7-17-5-4-13(8)11-3-2-9(14(15)16)6-10(11)12/h2-3,6,8H,4-5,7H2,1H3. The summed E-state index contributed by atoms with van der Waals surface area (Å²) in [6.45, 7) is 3.60. The molecular formula is C11H13FN2O3. The Morgan fingerprint density at radius 2 is 2.35 bits per heavy atom. The van der Waals surface area contributed by atoms with Crippen molar-refractivity contribution in [3.63, 3.8) is 0 Å². The first-order chi connectivity index (χ1) is 8.09. The molecule has 1 saturated heterocycles. The fraction of sp³-hybridized carbons (Fsp3) is 0.455. The normalized spacial score (nSPS) is 20.4. The van der Waals surface area contributed by atoms with Crippen LogP contribution < -0.4 is 4.90 Å². The van der Waals surface area contributed by atoms with Gasteiger partial charge in [0, 0.05) is 18.7 Å². The summed E-state index contributed by atoms with van der Waals surface area (Å²) in [4.78, 5) is 11.8. The van der Waals surface area contributed by atoms with Crippen molar-refractivity contribution in [1.82, 2.24) is 0 Å². The summed E-state index contributed by atoms with van der Waals surface area (Å²) in [6, 6.07) is 3.80. The maximum absolute atomic E-state index is 13.8. The Bertz CT molecular complexity index is 439. The lowest BCUT2D eigenvalue weighted by molar-refractivity contribution is -0.385. The monoisotopic (exact) mass is 240 g/mol. The lowest BCUT2D eigenvalue weighted by atomic mass is 10.2. The molecular weight excluding hydrogens is 227 g/mol. The zero-order valence-corrected chi connectivity index (χ0v) is 9.43. The summed E-state index contributed by atoms with van der Waals surface area (Å²) in [6.07, 6.45) is 0. The van der Waals surface area contributed by atoms with Crippen LogP contribution in [0.1, 0.15) is 6.92 Å². The predicted octanol–water partition coefficient (Wildman–Crippen LogP) is 1.96. The summed E-state index contributed by atoms with van der Waals surface area (Å²) >= 11 is 0. The van der Waals surface area contributed by atoms with Gasteiger partial charge in [-0.1, -0.05) is 0 Å². The van der Waals surface area contributed by atoms with E-state index in [2.05, 4.69) is 0 Å². The number of benzene rings is 1. The minimum absolute atomic E-state index is 0.0692. The van der Waals surface area contributed by atoms with Crippen molar-refractivity contribution >= 4 is 11.4 Å². The Balaban J connectivity index is 2.29. The van der Waals surface area contributed by atoms with Crippen molar-refractivity contribution in [3.8, 4) is 0 Å². The second-order valence-corrected chi connectivity index (χ2v) is 4.01. The molecule has 0 amide bonds. The molecule has 1 atom stereocenters. The SMILES string of the molecule is CC1COCCN1c1ccc([N+](=O)[O-])cc1F. The molecule has 1 aromatic carbocycles. The van der Waals surface area contributed by atoms with Gasteiger partial charge >= 0.3 is 0 Å². The van der Waals surface area contributed by atoms with Crippen molar-refractivity contribution in [1.29, 1.82) is 0 Å². The highest BCUT2D eigenvalue weighted by Crippen LogP contribution is 2.26.